The lowest BCUT2D eigenvalue weighted by molar-refractivity contribution is -0.121. The molecule has 5 nitrogen and oxygen atoms in total. The fourth-order valence-corrected chi connectivity index (χ4v) is 5.73. The monoisotopic (exact) mass is 441 g/mol. The van der Waals surface area contributed by atoms with Gasteiger partial charge in [0.25, 0.3) is 5.56 Å². The number of rotatable bonds is 6. The van der Waals surface area contributed by atoms with Crippen molar-refractivity contribution in [3.63, 3.8) is 0 Å². The molecule has 1 amide bonds. The molecule has 158 valence electrons. The van der Waals surface area contributed by atoms with Crippen LogP contribution in [0.3, 0.4) is 0 Å². The van der Waals surface area contributed by atoms with Crippen LogP contribution < -0.4 is 10.9 Å². The molecule has 2 N–H and O–H groups in total. The zero-order valence-electron chi connectivity index (χ0n) is 17.3. The summed E-state index contributed by atoms with van der Waals surface area (Å²) >= 11 is 2.99. The molecule has 0 radical (unpaired) electrons. The lowest BCUT2D eigenvalue weighted by Gasteiger charge is -2.30. The Balaban J connectivity index is 1.43. The van der Waals surface area contributed by atoms with Gasteiger partial charge in [0.05, 0.1) is 16.4 Å². The number of thiophene rings is 1. The summed E-state index contributed by atoms with van der Waals surface area (Å²) in [5.41, 5.74) is 1.81. The van der Waals surface area contributed by atoms with Gasteiger partial charge in [-0.3, -0.25) is 9.59 Å². The van der Waals surface area contributed by atoms with E-state index in [2.05, 4.69) is 22.2 Å². The number of benzene rings is 1. The molecular formula is C23H27N3O2S2. The normalized spacial score (nSPS) is 20.2. The number of aromatic nitrogens is 2. The van der Waals surface area contributed by atoms with Gasteiger partial charge in [-0.2, -0.15) is 0 Å². The standard InChI is InChI=1S/C23H27N3O2S2/c1-14-8-6-7-11-18(14)24-21(27)15(2)29-13-19-25-22(28)20-17(12-30-23(20)26-19)16-9-4-3-5-10-16/h3-5,9-10,12,14-15,18H,6-8,11,13H2,1-2H3,(H,24,27)(H,25,26,28). The molecule has 0 spiro atoms. The van der Waals surface area contributed by atoms with Crippen molar-refractivity contribution >= 4 is 39.2 Å². The van der Waals surface area contributed by atoms with Gasteiger partial charge in [0.1, 0.15) is 10.7 Å². The second kappa shape index (κ2) is 9.35. The van der Waals surface area contributed by atoms with Crippen molar-refractivity contribution in [3.05, 3.63) is 51.9 Å². The topological polar surface area (TPSA) is 74.8 Å². The summed E-state index contributed by atoms with van der Waals surface area (Å²) in [5.74, 6) is 1.73. The molecule has 2 aromatic heterocycles. The smallest absolute Gasteiger partial charge is 0.260 e. The number of hydrogen-bond donors (Lipinski definition) is 2. The van der Waals surface area contributed by atoms with E-state index < -0.39 is 0 Å². The summed E-state index contributed by atoms with van der Waals surface area (Å²) < 4.78 is 0. The van der Waals surface area contributed by atoms with Gasteiger partial charge < -0.3 is 10.3 Å². The number of amides is 1. The maximum atomic E-state index is 12.8. The molecule has 7 heteroatoms. The number of nitrogens with zero attached hydrogens (tertiary/aromatic N) is 1. The number of H-pyrrole nitrogens is 1. The third-order valence-electron chi connectivity index (χ3n) is 5.86. The zero-order chi connectivity index (χ0) is 21.1. The van der Waals surface area contributed by atoms with E-state index in [1.165, 1.54) is 42.4 Å². The number of carbonyl (C=O) groups is 1. The van der Waals surface area contributed by atoms with Crippen molar-refractivity contribution < 1.29 is 4.79 Å². The van der Waals surface area contributed by atoms with Crippen LogP contribution in [0.4, 0.5) is 0 Å². The molecule has 3 aromatic rings. The van der Waals surface area contributed by atoms with E-state index in [1.54, 1.807) is 0 Å². The second-order valence-corrected chi connectivity index (χ2v) is 10.2. The Morgan fingerprint density at radius 2 is 2.07 bits per heavy atom. The number of carbonyl (C=O) groups excluding carboxylic acids is 1. The second-order valence-electron chi connectivity index (χ2n) is 8.04. The number of fused-ring (bicyclic) bond motifs is 1. The fraction of sp³-hybridized carbons (Fsp3) is 0.435. The molecule has 1 saturated carbocycles. The van der Waals surface area contributed by atoms with Crippen molar-refractivity contribution in [2.24, 2.45) is 5.92 Å². The first-order valence-electron chi connectivity index (χ1n) is 10.5. The highest BCUT2D eigenvalue weighted by Crippen LogP contribution is 2.31. The van der Waals surface area contributed by atoms with Crippen LogP contribution in [0.5, 0.6) is 0 Å². The van der Waals surface area contributed by atoms with E-state index >= 15 is 0 Å². The van der Waals surface area contributed by atoms with E-state index in [9.17, 15) is 9.59 Å². The van der Waals surface area contributed by atoms with Gasteiger partial charge in [0.15, 0.2) is 0 Å². The van der Waals surface area contributed by atoms with Crippen LogP contribution in [0.15, 0.2) is 40.5 Å². The van der Waals surface area contributed by atoms with Crippen LogP contribution in [0, 0.1) is 5.92 Å². The first kappa shape index (κ1) is 21.1. The molecule has 0 bridgehead atoms. The summed E-state index contributed by atoms with van der Waals surface area (Å²) in [6.07, 6.45) is 4.70. The van der Waals surface area contributed by atoms with Crippen LogP contribution in [0.2, 0.25) is 0 Å². The summed E-state index contributed by atoms with van der Waals surface area (Å²) in [6.45, 7) is 4.14. The average Bonchev–Trinajstić information content (AvgIpc) is 3.19. The quantitative estimate of drug-likeness (QED) is 0.566. The van der Waals surface area contributed by atoms with Gasteiger partial charge in [-0.25, -0.2) is 4.98 Å². The largest absolute Gasteiger partial charge is 0.352 e. The minimum atomic E-state index is -0.191. The molecule has 1 aliphatic carbocycles. The maximum absolute atomic E-state index is 12.8. The van der Waals surface area contributed by atoms with Crippen molar-refractivity contribution in [1.82, 2.24) is 15.3 Å². The van der Waals surface area contributed by atoms with E-state index in [1.807, 2.05) is 42.6 Å². The Hall–Kier alpha value is -2.12. The minimum absolute atomic E-state index is 0.0738. The van der Waals surface area contributed by atoms with Gasteiger partial charge in [-0.05, 0) is 31.2 Å². The highest BCUT2D eigenvalue weighted by Gasteiger charge is 2.25. The van der Waals surface area contributed by atoms with Crippen molar-refractivity contribution in [3.8, 4) is 11.1 Å². The SMILES string of the molecule is CC(SCc1nc2scc(-c3ccccc3)c2c(=O)[nH]1)C(=O)NC1CCCCC1C. The van der Waals surface area contributed by atoms with E-state index in [4.69, 9.17) is 0 Å². The predicted molar refractivity (Wildman–Crippen MR) is 126 cm³/mol. The molecule has 0 aliphatic heterocycles. The van der Waals surface area contributed by atoms with Gasteiger partial charge >= 0.3 is 0 Å². The van der Waals surface area contributed by atoms with Gasteiger partial charge in [-0.1, -0.05) is 50.1 Å². The summed E-state index contributed by atoms with van der Waals surface area (Å²) in [4.78, 5) is 33.7. The molecule has 1 aliphatic rings. The highest BCUT2D eigenvalue weighted by molar-refractivity contribution is 7.99. The molecule has 0 saturated heterocycles. The molecular weight excluding hydrogens is 414 g/mol. The van der Waals surface area contributed by atoms with Crippen molar-refractivity contribution in [1.29, 1.82) is 0 Å². The first-order chi connectivity index (χ1) is 14.5. The number of aromatic amines is 1. The minimum Gasteiger partial charge on any atom is -0.352 e. The summed E-state index contributed by atoms with van der Waals surface area (Å²) in [5, 5.41) is 5.65. The van der Waals surface area contributed by atoms with Crippen LogP contribution in [0.1, 0.15) is 45.4 Å². The summed E-state index contributed by atoms with van der Waals surface area (Å²) in [6, 6.07) is 10.2. The average molecular weight is 442 g/mol. The molecule has 1 aromatic carbocycles. The molecule has 30 heavy (non-hydrogen) atoms. The zero-order valence-corrected chi connectivity index (χ0v) is 18.9. The van der Waals surface area contributed by atoms with E-state index in [0.29, 0.717) is 22.9 Å². The third kappa shape index (κ3) is 4.62. The molecule has 3 unspecified atom stereocenters. The Kier molecular flexibility index (Phi) is 6.58. The predicted octanol–water partition coefficient (Wildman–Crippen LogP) is 4.97. The van der Waals surface area contributed by atoms with Gasteiger partial charge in [0.2, 0.25) is 5.91 Å². The van der Waals surface area contributed by atoms with E-state index in [0.717, 1.165) is 22.4 Å². The van der Waals surface area contributed by atoms with Gasteiger partial charge in [-0.15, -0.1) is 23.1 Å². The highest BCUT2D eigenvalue weighted by atomic mass is 32.2. The van der Waals surface area contributed by atoms with Crippen LogP contribution in [-0.2, 0) is 10.5 Å². The number of thioether (sulfide) groups is 1. The molecule has 2 heterocycles. The van der Waals surface area contributed by atoms with E-state index in [-0.39, 0.29) is 22.8 Å². The Labute approximate surface area is 184 Å². The molecule has 3 atom stereocenters. The fourth-order valence-electron chi connectivity index (χ4n) is 4.00. The van der Waals surface area contributed by atoms with Crippen molar-refractivity contribution in [2.75, 3.05) is 0 Å². The van der Waals surface area contributed by atoms with Crippen LogP contribution in [0.25, 0.3) is 21.3 Å². The number of nitrogens with one attached hydrogen (secondary N) is 2. The van der Waals surface area contributed by atoms with Crippen LogP contribution >= 0.6 is 23.1 Å². The Morgan fingerprint density at radius 3 is 2.83 bits per heavy atom. The van der Waals surface area contributed by atoms with Crippen LogP contribution in [-0.4, -0.2) is 27.2 Å². The lowest BCUT2D eigenvalue weighted by Crippen LogP contribution is -2.44. The molecule has 4 rings (SSSR count). The lowest BCUT2D eigenvalue weighted by atomic mass is 9.86. The maximum Gasteiger partial charge on any atom is 0.260 e. The third-order valence-corrected chi connectivity index (χ3v) is 7.88. The summed E-state index contributed by atoms with van der Waals surface area (Å²) in [7, 11) is 0. The Bertz CT molecular complexity index is 1080. The Morgan fingerprint density at radius 1 is 1.30 bits per heavy atom. The molecule has 1 fully saturated rings. The van der Waals surface area contributed by atoms with Crippen molar-refractivity contribution in [2.45, 2.75) is 56.6 Å². The number of hydrogen-bond acceptors (Lipinski definition) is 5. The van der Waals surface area contributed by atoms with Gasteiger partial charge in [0, 0.05) is 17.0 Å². The first-order valence-corrected chi connectivity index (χ1v) is 12.4.